The van der Waals surface area contributed by atoms with Gasteiger partial charge in [-0.25, -0.2) is 0 Å². The van der Waals surface area contributed by atoms with Gasteiger partial charge in [-0.15, -0.1) is 0 Å². The Morgan fingerprint density at radius 3 is 1.07 bits per heavy atom. The van der Waals surface area contributed by atoms with E-state index in [1.165, 1.54) is 18.2 Å². The molecule has 0 saturated carbocycles. The average molecular weight is 601 g/mol. The highest BCUT2D eigenvalue weighted by Crippen LogP contribution is 2.22. The number of nitrogens with one attached hydrogen (secondary N) is 4. The number of phenols is 1. The molecule has 0 bridgehead atoms. The highest BCUT2D eigenvalue weighted by molar-refractivity contribution is 6.10. The number of hydrogen-bond acceptors (Lipinski definition) is 7. The molecular weight excluding hydrogens is 572 g/mol. The van der Waals surface area contributed by atoms with Crippen LogP contribution in [0.3, 0.4) is 0 Å². The van der Waals surface area contributed by atoms with Gasteiger partial charge >= 0.3 is 0 Å². The topological polar surface area (TPSA) is 189 Å². The lowest BCUT2D eigenvalue weighted by Crippen LogP contribution is -2.16. The second kappa shape index (κ2) is 13.1. The minimum Gasteiger partial charge on any atom is -0.508 e. The summed E-state index contributed by atoms with van der Waals surface area (Å²) in [6, 6.07) is 29.7. The van der Waals surface area contributed by atoms with Crippen molar-refractivity contribution in [3.05, 3.63) is 138 Å². The predicted molar refractivity (Wildman–Crippen MR) is 175 cm³/mol. The number of amides is 4. The van der Waals surface area contributed by atoms with Crippen LogP contribution < -0.4 is 32.7 Å². The van der Waals surface area contributed by atoms with Crippen LogP contribution in [0.2, 0.25) is 0 Å². The van der Waals surface area contributed by atoms with E-state index in [4.69, 9.17) is 11.5 Å². The lowest BCUT2D eigenvalue weighted by molar-refractivity contribution is 0.101. The first kappa shape index (κ1) is 29.9. The van der Waals surface area contributed by atoms with E-state index in [1.54, 1.807) is 97.1 Å². The summed E-state index contributed by atoms with van der Waals surface area (Å²) in [5.74, 6) is -2.17. The average Bonchev–Trinajstić information content (AvgIpc) is 3.01. The minimum atomic E-state index is -0.589. The molecule has 0 heterocycles. The number of carbonyl (C=O) groups is 4. The maximum absolute atomic E-state index is 13.1. The van der Waals surface area contributed by atoms with Crippen LogP contribution in [-0.4, -0.2) is 28.7 Å². The molecule has 224 valence electrons. The number of carbonyl (C=O) groups excluding carboxylic acids is 4. The molecule has 0 aliphatic rings. The molecule has 0 aliphatic heterocycles. The largest absolute Gasteiger partial charge is 0.508 e. The number of rotatable bonds is 8. The molecule has 45 heavy (non-hydrogen) atoms. The third kappa shape index (κ3) is 7.81. The van der Waals surface area contributed by atoms with Crippen LogP contribution in [0.25, 0.3) is 0 Å². The molecule has 11 nitrogen and oxygen atoms in total. The molecular formula is C34H28N6O5. The molecule has 11 heteroatoms. The van der Waals surface area contributed by atoms with Crippen molar-refractivity contribution in [2.75, 3.05) is 32.7 Å². The summed E-state index contributed by atoms with van der Waals surface area (Å²) in [6.07, 6.45) is 0. The van der Waals surface area contributed by atoms with Crippen LogP contribution in [0.4, 0.5) is 34.1 Å². The van der Waals surface area contributed by atoms with E-state index in [9.17, 15) is 24.3 Å². The van der Waals surface area contributed by atoms with Crippen LogP contribution in [0.1, 0.15) is 41.4 Å². The standard InChI is InChI=1S/C34H28N6O5/c35-24-11-7-20(8-12-24)31(42)37-26-3-1-5-28(18-26)39-33(44)22-15-23(17-30(41)16-22)34(45)40-29-6-2-4-27(19-29)38-32(43)21-9-13-25(36)14-10-21/h1-19,41H,35-36H2,(H,37,42)(H,38,43)(H,39,44)(H,40,45). The lowest BCUT2D eigenvalue weighted by Gasteiger charge is -2.11. The van der Waals surface area contributed by atoms with Gasteiger partial charge in [0.25, 0.3) is 23.6 Å². The van der Waals surface area contributed by atoms with Crippen molar-refractivity contribution in [1.29, 1.82) is 0 Å². The number of hydrogen-bond donors (Lipinski definition) is 7. The van der Waals surface area contributed by atoms with E-state index in [0.717, 1.165) is 0 Å². The first-order valence-electron chi connectivity index (χ1n) is 13.6. The molecule has 0 radical (unpaired) electrons. The van der Waals surface area contributed by atoms with Gasteiger partial charge in [0.05, 0.1) is 0 Å². The normalized spacial score (nSPS) is 10.4. The highest BCUT2D eigenvalue weighted by Gasteiger charge is 2.15. The third-order valence-corrected chi connectivity index (χ3v) is 6.54. The zero-order chi connectivity index (χ0) is 31.9. The summed E-state index contributed by atoms with van der Waals surface area (Å²) in [4.78, 5) is 51.3. The second-order valence-electron chi connectivity index (χ2n) is 9.99. The summed E-state index contributed by atoms with van der Waals surface area (Å²) in [5, 5.41) is 21.2. The maximum atomic E-state index is 13.1. The zero-order valence-electron chi connectivity index (χ0n) is 23.7. The number of nitrogens with two attached hydrogens (primary N) is 2. The zero-order valence-corrected chi connectivity index (χ0v) is 23.7. The molecule has 0 spiro atoms. The Hall–Kier alpha value is -6.62. The van der Waals surface area contributed by atoms with Gasteiger partial charge in [0.2, 0.25) is 0 Å². The number of phenolic OH excluding ortho intramolecular Hbond substituents is 1. The van der Waals surface area contributed by atoms with Gasteiger partial charge in [0.15, 0.2) is 0 Å². The summed E-state index contributed by atoms with van der Waals surface area (Å²) in [6.45, 7) is 0. The molecule has 9 N–H and O–H groups in total. The molecule has 5 aromatic carbocycles. The van der Waals surface area contributed by atoms with Crippen LogP contribution in [0.15, 0.2) is 115 Å². The van der Waals surface area contributed by atoms with Crippen molar-refractivity contribution in [3.8, 4) is 5.75 Å². The summed E-state index contributed by atoms with van der Waals surface area (Å²) < 4.78 is 0. The first-order valence-corrected chi connectivity index (χ1v) is 13.6. The van der Waals surface area contributed by atoms with Crippen molar-refractivity contribution in [3.63, 3.8) is 0 Å². The molecule has 0 aromatic heterocycles. The fourth-order valence-electron chi connectivity index (χ4n) is 4.30. The van der Waals surface area contributed by atoms with E-state index in [0.29, 0.717) is 45.3 Å². The lowest BCUT2D eigenvalue weighted by atomic mass is 10.1. The second-order valence-corrected chi connectivity index (χ2v) is 9.99. The third-order valence-electron chi connectivity index (χ3n) is 6.54. The van der Waals surface area contributed by atoms with Gasteiger partial charge in [-0.05, 0) is 103 Å². The summed E-state index contributed by atoms with van der Waals surface area (Å²) in [5.41, 5.74) is 15.0. The van der Waals surface area contributed by atoms with Gasteiger partial charge < -0.3 is 37.8 Å². The fraction of sp³-hybridized carbons (Fsp3) is 0. The quantitative estimate of drug-likeness (QED) is 0.113. The monoisotopic (exact) mass is 600 g/mol. The van der Waals surface area contributed by atoms with E-state index in [2.05, 4.69) is 21.3 Å². The van der Waals surface area contributed by atoms with E-state index < -0.39 is 11.8 Å². The van der Waals surface area contributed by atoms with Crippen molar-refractivity contribution < 1.29 is 24.3 Å². The summed E-state index contributed by atoms with van der Waals surface area (Å²) >= 11 is 0. The highest BCUT2D eigenvalue weighted by atomic mass is 16.3. The van der Waals surface area contributed by atoms with Crippen molar-refractivity contribution in [1.82, 2.24) is 0 Å². The van der Waals surface area contributed by atoms with E-state index in [1.807, 2.05) is 0 Å². The Balaban J connectivity index is 1.24. The number of anilines is 6. The number of benzene rings is 5. The Morgan fingerprint density at radius 2 is 0.733 bits per heavy atom. The van der Waals surface area contributed by atoms with Crippen molar-refractivity contribution >= 4 is 57.8 Å². The Morgan fingerprint density at radius 1 is 0.422 bits per heavy atom. The molecule has 0 saturated heterocycles. The maximum Gasteiger partial charge on any atom is 0.255 e. The van der Waals surface area contributed by atoms with Gasteiger partial charge in [-0.3, -0.25) is 19.2 Å². The molecule has 4 amide bonds. The number of nitrogen functional groups attached to an aromatic ring is 2. The SMILES string of the molecule is Nc1ccc(C(=O)Nc2cccc(NC(=O)c3cc(O)cc(C(=O)Nc4cccc(NC(=O)c5ccc(N)cc5)c4)c3)c2)cc1. The smallest absolute Gasteiger partial charge is 0.255 e. The van der Waals surface area contributed by atoms with Crippen LogP contribution in [0, 0.1) is 0 Å². The van der Waals surface area contributed by atoms with E-state index in [-0.39, 0.29) is 28.7 Å². The Labute approximate surface area is 257 Å². The van der Waals surface area contributed by atoms with Crippen LogP contribution >= 0.6 is 0 Å². The Bertz CT molecular complexity index is 1770. The van der Waals surface area contributed by atoms with Gasteiger partial charge in [0, 0.05) is 56.4 Å². The molecule has 0 atom stereocenters. The Kier molecular flexibility index (Phi) is 8.71. The molecule has 0 aliphatic carbocycles. The fourth-order valence-corrected chi connectivity index (χ4v) is 4.30. The molecule has 5 rings (SSSR count). The number of aromatic hydroxyl groups is 1. The predicted octanol–water partition coefficient (Wildman–Crippen LogP) is 5.57. The first-order chi connectivity index (χ1) is 21.6. The minimum absolute atomic E-state index is 0.0287. The van der Waals surface area contributed by atoms with Gasteiger partial charge in [-0.1, -0.05) is 12.1 Å². The van der Waals surface area contributed by atoms with Crippen molar-refractivity contribution in [2.24, 2.45) is 0 Å². The van der Waals surface area contributed by atoms with Crippen LogP contribution in [-0.2, 0) is 0 Å². The van der Waals surface area contributed by atoms with Crippen LogP contribution in [0.5, 0.6) is 5.75 Å². The summed E-state index contributed by atoms with van der Waals surface area (Å²) in [7, 11) is 0. The van der Waals surface area contributed by atoms with Gasteiger partial charge in [0.1, 0.15) is 5.75 Å². The molecule has 0 unspecified atom stereocenters. The van der Waals surface area contributed by atoms with E-state index >= 15 is 0 Å². The molecule has 0 fully saturated rings. The van der Waals surface area contributed by atoms with Gasteiger partial charge in [-0.2, -0.15) is 0 Å². The molecule has 5 aromatic rings. The van der Waals surface area contributed by atoms with Crippen molar-refractivity contribution in [2.45, 2.75) is 0 Å².